The van der Waals surface area contributed by atoms with Crippen LogP contribution in [0.15, 0.2) is 48.5 Å². The van der Waals surface area contributed by atoms with Gasteiger partial charge in [0, 0.05) is 31.1 Å². The number of carbonyl (C=O) groups is 1. The molecule has 6 heteroatoms. The zero-order valence-electron chi connectivity index (χ0n) is 14.3. The van der Waals surface area contributed by atoms with E-state index in [2.05, 4.69) is 16.2 Å². The molecule has 2 aromatic carbocycles. The van der Waals surface area contributed by atoms with Crippen molar-refractivity contribution < 1.29 is 9.53 Å². The van der Waals surface area contributed by atoms with Crippen LogP contribution in [-0.2, 0) is 0 Å². The van der Waals surface area contributed by atoms with Gasteiger partial charge in [0.25, 0.3) is 5.91 Å². The Morgan fingerprint density at radius 2 is 1.96 bits per heavy atom. The number of amides is 1. The molecule has 1 atom stereocenters. The maximum atomic E-state index is 12.6. The standard InChI is InChI=1S/C19H24N4O2/c1-25-18-9-14(7-8-16(18)15-11-21-22-12-15)19(24)23-17(10-20)13-5-3-2-4-6-13/h2-9,15,17,21-22H,10-12,20H2,1H3,(H,23,24)/t17-/m1/s1. The molecule has 5 N–H and O–H groups in total. The maximum Gasteiger partial charge on any atom is 0.251 e. The van der Waals surface area contributed by atoms with Gasteiger partial charge >= 0.3 is 0 Å². The largest absolute Gasteiger partial charge is 0.496 e. The zero-order valence-corrected chi connectivity index (χ0v) is 14.3. The number of ether oxygens (including phenoxy) is 1. The third-order valence-corrected chi connectivity index (χ3v) is 4.50. The smallest absolute Gasteiger partial charge is 0.251 e. The summed E-state index contributed by atoms with van der Waals surface area (Å²) in [5, 5.41) is 3.00. The molecule has 1 aliphatic heterocycles. The molecule has 1 amide bonds. The lowest BCUT2D eigenvalue weighted by Crippen LogP contribution is -2.33. The Morgan fingerprint density at radius 1 is 1.24 bits per heavy atom. The predicted octanol–water partition coefficient (Wildman–Crippen LogP) is 1.32. The van der Waals surface area contributed by atoms with E-state index in [1.807, 2.05) is 42.5 Å². The number of methoxy groups -OCH3 is 1. The van der Waals surface area contributed by atoms with Crippen LogP contribution in [0.1, 0.15) is 33.4 Å². The Hall–Kier alpha value is -2.41. The fraction of sp³-hybridized carbons (Fsp3) is 0.316. The fourth-order valence-corrected chi connectivity index (χ4v) is 3.08. The summed E-state index contributed by atoms with van der Waals surface area (Å²) in [5.74, 6) is 0.896. The summed E-state index contributed by atoms with van der Waals surface area (Å²) < 4.78 is 5.50. The molecule has 0 aliphatic carbocycles. The summed E-state index contributed by atoms with van der Waals surface area (Å²) in [5.41, 5.74) is 14.7. The summed E-state index contributed by atoms with van der Waals surface area (Å²) in [4.78, 5) is 12.6. The number of hydrogen-bond acceptors (Lipinski definition) is 5. The first-order valence-electron chi connectivity index (χ1n) is 8.42. The van der Waals surface area contributed by atoms with Crippen LogP contribution in [0.3, 0.4) is 0 Å². The molecule has 3 rings (SSSR count). The van der Waals surface area contributed by atoms with Crippen molar-refractivity contribution in [3.8, 4) is 5.75 Å². The molecule has 0 saturated carbocycles. The van der Waals surface area contributed by atoms with Gasteiger partial charge in [-0.2, -0.15) is 0 Å². The minimum absolute atomic E-state index is 0.160. The average Bonchev–Trinajstić information content (AvgIpc) is 3.20. The van der Waals surface area contributed by atoms with Crippen molar-refractivity contribution in [2.24, 2.45) is 5.73 Å². The number of nitrogens with two attached hydrogens (primary N) is 1. The number of carbonyl (C=O) groups excluding carboxylic acids is 1. The van der Waals surface area contributed by atoms with E-state index in [0.717, 1.165) is 30.0 Å². The van der Waals surface area contributed by atoms with Gasteiger partial charge in [-0.3, -0.25) is 15.6 Å². The van der Waals surface area contributed by atoms with Crippen molar-refractivity contribution in [1.29, 1.82) is 0 Å². The minimum atomic E-state index is -0.220. The van der Waals surface area contributed by atoms with Crippen LogP contribution in [0.4, 0.5) is 0 Å². The summed E-state index contributed by atoms with van der Waals surface area (Å²) >= 11 is 0. The van der Waals surface area contributed by atoms with Gasteiger partial charge in [-0.15, -0.1) is 0 Å². The Balaban J connectivity index is 1.77. The molecule has 0 spiro atoms. The molecule has 0 unspecified atom stereocenters. The second-order valence-corrected chi connectivity index (χ2v) is 6.09. The summed E-state index contributed by atoms with van der Waals surface area (Å²) in [6.07, 6.45) is 0. The van der Waals surface area contributed by atoms with Gasteiger partial charge in [-0.05, 0) is 23.3 Å². The van der Waals surface area contributed by atoms with Gasteiger partial charge in [0.05, 0.1) is 13.2 Å². The Labute approximate surface area is 147 Å². The molecule has 0 bridgehead atoms. The normalized spacial score (nSPS) is 15.8. The van der Waals surface area contributed by atoms with Gasteiger partial charge in [0.1, 0.15) is 5.75 Å². The first kappa shape index (κ1) is 17.4. The van der Waals surface area contributed by atoms with Crippen molar-refractivity contribution in [3.05, 3.63) is 65.2 Å². The van der Waals surface area contributed by atoms with E-state index < -0.39 is 0 Å². The predicted molar refractivity (Wildman–Crippen MR) is 97.4 cm³/mol. The maximum absolute atomic E-state index is 12.6. The highest BCUT2D eigenvalue weighted by molar-refractivity contribution is 5.95. The number of nitrogens with one attached hydrogen (secondary N) is 3. The SMILES string of the molecule is COc1cc(C(=O)N[C@H](CN)c2ccccc2)ccc1C1CNNC1. The lowest BCUT2D eigenvalue weighted by Gasteiger charge is -2.19. The highest BCUT2D eigenvalue weighted by atomic mass is 16.5. The highest BCUT2D eigenvalue weighted by Gasteiger charge is 2.22. The number of rotatable bonds is 6. The molecule has 1 aliphatic rings. The highest BCUT2D eigenvalue weighted by Crippen LogP contribution is 2.28. The van der Waals surface area contributed by atoms with Gasteiger partial charge < -0.3 is 15.8 Å². The van der Waals surface area contributed by atoms with Crippen LogP contribution in [0, 0.1) is 0 Å². The molecule has 1 fully saturated rings. The van der Waals surface area contributed by atoms with E-state index in [0.29, 0.717) is 18.0 Å². The van der Waals surface area contributed by atoms with Crippen molar-refractivity contribution in [1.82, 2.24) is 16.2 Å². The van der Waals surface area contributed by atoms with E-state index >= 15 is 0 Å². The number of benzene rings is 2. The third kappa shape index (κ3) is 3.99. The van der Waals surface area contributed by atoms with Crippen LogP contribution in [0.25, 0.3) is 0 Å². The first-order valence-corrected chi connectivity index (χ1v) is 8.42. The van der Waals surface area contributed by atoms with Gasteiger partial charge in [-0.25, -0.2) is 0 Å². The first-order chi connectivity index (χ1) is 12.2. The molecule has 2 aromatic rings. The lowest BCUT2D eigenvalue weighted by atomic mass is 9.97. The molecular weight excluding hydrogens is 316 g/mol. The fourth-order valence-electron chi connectivity index (χ4n) is 3.08. The van der Waals surface area contributed by atoms with E-state index in [4.69, 9.17) is 10.5 Å². The van der Waals surface area contributed by atoms with Crippen LogP contribution in [0.2, 0.25) is 0 Å². The Kier molecular flexibility index (Phi) is 5.65. The summed E-state index contributed by atoms with van der Waals surface area (Å²) in [7, 11) is 1.63. The van der Waals surface area contributed by atoms with Gasteiger partial charge in [-0.1, -0.05) is 36.4 Å². The van der Waals surface area contributed by atoms with E-state index in [-0.39, 0.29) is 11.9 Å². The van der Waals surface area contributed by atoms with Crippen LogP contribution >= 0.6 is 0 Å². The lowest BCUT2D eigenvalue weighted by molar-refractivity contribution is 0.0937. The third-order valence-electron chi connectivity index (χ3n) is 4.50. The van der Waals surface area contributed by atoms with E-state index in [1.165, 1.54) is 0 Å². The van der Waals surface area contributed by atoms with E-state index in [1.54, 1.807) is 13.2 Å². The molecule has 6 nitrogen and oxygen atoms in total. The van der Waals surface area contributed by atoms with Crippen LogP contribution < -0.4 is 26.6 Å². The molecule has 0 radical (unpaired) electrons. The Morgan fingerprint density at radius 3 is 2.60 bits per heavy atom. The summed E-state index contributed by atoms with van der Waals surface area (Å²) in [6.45, 7) is 2.01. The van der Waals surface area contributed by atoms with Crippen molar-refractivity contribution in [2.45, 2.75) is 12.0 Å². The quantitative estimate of drug-likeness (QED) is 0.637. The van der Waals surface area contributed by atoms with Crippen molar-refractivity contribution in [3.63, 3.8) is 0 Å². The minimum Gasteiger partial charge on any atom is -0.496 e. The Bertz CT molecular complexity index is 715. The van der Waals surface area contributed by atoms with Crippen molar-refractivity contribution in [2.75, 3.05) is 26.7 Å². The van der Waals surface area contributed by atoms with Crippen LogP contribution in [0.5, 0.6) is 5.75 Å². The molecule has 25 heavy (non-hydrogen) atoms. The molecular formula is C19H24N4O2. The molecule has 1 saturated heterocycles. The number of hydrazine groups is 1. The van der Waals surface area contributed by atoms with Crippen molar-refractivity contribution >= 4 is 5.91 Å². The molecule has 0 aromatic heterocycles. The molecule has 1 heterocycles. The van der Waals surface area contributed by atoms with Crippen LogP contribution in [-0.4, -0.2) is 32.7 Å². The monoisotopic (exact) mass is 340 g/mol. The topological polar surface area (TPSA) is 88.4 Å². The van der Waals surface area contributed by atoms with E-state index in [9.17, 15) is 4.79 Å². The summed E-state index contributed by atoms with van der Waals surface area (Å²) in [6, 6.07) is 15.1. The molecule has 132 valence electrons. The zero-order chi connectivity index (χ0) is 17.6. The van der Waals surface area contributed by atoms with Gasteiger partial charge in [0.2, 0.25) is 0 Å². The number of hydrogen-bond donors (Lipinski definition) is 4. The second-order valence-electron chi connectivity index (χ2n) is 6.09. The second kappa shape index (κ2) is 8.11. The van der Waals surface area contributed by atoms with Gasteiger partial charge in [0.15, 0.2) is 0 Å². The average molecular weight is 340 g/mol.